The predicted octanol–water partition coefficient (Wildman–Crippen LogP) is 5.53. The van der Waals surface area contributed by atoms with Crippen molar-refractivity contribution in [3.8, 4) is 11.5 Å². The number of carbonyl (C=O) groups excluding carboxylic acids is 1. The topological polar surface area (TPSA) is 94.8 Å². The van der Waals surface area contributed by atoms with Crippen LogP contribution in [0.5, 0.6) is 11.5 Å². The normalized spacial score (nSPS) is 14.9. The van der Waals surface area contributed by atoms with Crippen molar-refractivity contribution >= 4 is 33.3 Å². The van der Waals surface area contributed by atoms with Crippen LogP contribution in [-0.4, -0.2) is 29.8 Å². The molecular weight excluding hydrogens is 478 g/mol. The fraction of sp³-hybridized carbons (Fsp3) is 0.333. The number of rotatable bonds is 9. The van der Waals surface area contributed by atoms with Crippen LogP contribution in [0.25, 0.3) is 11.0 Å². The van der Waals surface area contributed by atoms with E-state index in [-0.39, 0.29) is 16.8 Å². The Kier molecular flexibility index (Phi) is 6.73. The van der Waals surface area contributed by atoms with Crippen LogP contribution in [0.4, 0.5) is 5.13 Å². The molecule has 1 amide bonds. The van der Waals surface area contributed by atoms with E-state index in [1.54, 1.807) is 31.4 Å². The molecule has 0 spiro atoms. The van der Waals surface area contributed by atoms with E-state index in [1.807, 2.05) is 25.1 Å². The second kappa shape index (κ2) is 10.1. The van der Waals surface area contributed by atoms with Crippen LogP contribution in [0.3, 0.4) is 0 Å². The molecule has 0 fully saturated rings. The standard InChI is InChI=1S/C27H27N3O5S/c1-4-6-9-14-34-19-13-12-16(15-20(19)33-3)23-22-24(31)17-10-7-8-11-18(17)35-25(22)26(32)30(23)27-29-28-21(5-2)36-27/h7-8,10-13,15,23H,4-6,9,14H2,1-3H3. The number of hydrogen-bond acceptors (Lipinski definition) is 8. The maximum atomic E-state index is 13.7. The molecule has 2 aromatic carbocycles. The number of fused-ring (bicyclic) bond motifs is 2. The summed E-state index contributed by atoms with van der Waals surface area (Å²) in [5.41, 5.74) is 1.10. The van der Waals surface area contributed by atoms with Crippen molar-refractivity contribution in [2.45, 2.75) is 45.6 Å². The fourth-order valence-corrected chi connectivity index (χ4v) is 5.23. The summed E-state index contributed by atoms with van der Waals surface area (Å²) >= 11 is 1.33. The minimum absolute atomic E-state index is 0.0239. The number of ether oxygens (including phenoxy) is 2. The zero-order chi connectivity index (χ0) is 25.2. The zero-order valence-electron chi connectivity index (χ0n) is 20.4. The van der Waals surface area contributed by atoms with Gasteiger partial charge in [0, 0.05) is 0 Å². The highest BCUT2D eigenvalue weighted by atomic mass is 32.1. The van der Waals surface area contributed by atoms with E-state index in [0.29, 0.717) is 46.2 Å². The van der Waals surface area contributed by atoms with Gasteiger partial charge in [0.05, 0.1) is 30.7 Å². The van der Waals surface area contributed by atoms with Crippen LogP contribution < -0.4 is 19.8 Å². The number of hydrogen-bond donors (Lipinski definition) is 0. The third-order valence-corrected chi connectivity index (χ3v) is 7.32. The summed E-state index contributed by atoms with van der Waals surface area (Å²) in [5, 5.41) is 10.1. The predicted molar refractivity (Wildman–Crippen MR) is 138 cm³/mol. The summed E-state index contributed by atoms with van der Waals surface area (Å²) < 4.78 is 17.6. The first kappa shape index (κ1) is 24.0. The van der Waals surface area contributed by atoms with Crippen molar-refractivity contribution in [3.63, 3.8) is 0 Å². The third-order valence-electron chi connectivity index (χ3n) is 6.25. The van der Waals surface area contributed by atoms with Gasteiger partial charge in [-0.3, -0.25) is 14.5 Å². The van der Waals surface area contributed by atoms with Crippen molar-refractivity contribution in [2.75, 3.05) is 18.6 Å². The van der Waals surface area contributed by atoms with Crippen LogP contribution >= 0.6 is 11.3 Å². The number of anilines is 1. The van der Waals surface area contributed by atoms with Gasteiger partial charge in [-0.05, 0) is 42.7 Å². The number of carbonyl (C=O) groups is 1. The number of amides is 1. The average Bonchev–Trinajstić information content (AvgIpc) is 3.49. The Morgan fingerprint density at radius 2 is 1.89 bits per heavy atom. The lowest BCUT2D eigenvalue weighted by atomic mass is 9.98. The van der Waals surface area contributed by atoms with Crippen molar-refractivity contribution in [1.82, 2.24) is 10.2 Å². The Balaban J connectivity index is 1.65. The van der Waals surface area contributed by atoms with E-state index in [2.05, 4.69) is 17.1 Å². The Hall–Kier alpha value is -3.72. The number of benzene rings is 2. The van der Waals surface area contributed by atoms with E-state index < -0.39 is 11.9 Å². The van der Waals surface area contributed by atoms with Crippen molar-refractivity contribution in [1.29, 1.82) is 0 Å². The molecule has 5 rings (SSSR count). The molecule has 0 N–H and O–H groups in total. The summed E-state index contributed by atoms with van der Waals surface area (Å²) in [4.78, 5) is 28.9. The molecule has 1 atom stereocenters. The molecule has 0 saturated heterocycles. The third kappa shape index (κ3) is 4.13. The summed E-state index contributed by atoms with van der Waals surface area (Å²) in [6.45, 7) is 4.70. The minimum Gasteiger partial charge on any atom is -0.493 e. The van der Waals surface area contributed by atoms with Crippen LogP contribution in [0, 0.1) is 0 Å². The van der Waals surface area contributed by atoms with Crippen LogP contribution in [0.15, 0.2) is 51.7 Å². The van der Waals surface area contributed by atoms with Crippen molar-refractivity contribution in [3.05, 3.63) is 74.6 Å². The van der Waals surface area contributed by atoms with Gasteiger partial charge in [-0.25, -0.2) is 0 Å². The molecule has 3 heterocycles. The second-order valence-electron chi connectivity index (χ2n) is 8.55. The number of aromatic nitrogens is 2. The van der Waals surface area contributed by atoms with Crippen LogP contribution in [0.2, 0.25) is 0 Å². The number of methoxy groups -OCH3 is 1. The first-order valence-electron chi connectivity index (χ1n) is 12.1. The van der Waals surface area contributed by atoms with Crippen molar-refractivity contribution in [2.24, 2.45) is 0 Å². The first-order chi connectivity index (χ1) is 17.6. The first-order valence-corrected chi connectivity index (χ1v) is 12.9. The highest BCUT2D eigenvalue weighted by Gasteiger charge is 2.45. The van der Waals surface area contributed by atoms with E-state index in [1.165, 1.54) is 16.2 Å². The summed E-state index contributed by atoms with van der Waals surface area (Å²) in [6.07, 6.45) is 3.83. The summed E-state index contributed by atoms with van der Waals surface area (Å²) in [5.74, 6) is 0.746. The molecule has 2 aromatic heterocycles. The second-order valence-corrected chi connectivity index (χ2v) is 9.59. The fourth-order valence-electron chi connectivity index (χ4n) is 4.43. The number of nitrogens with zero attached hydrogens (tertiary/aromatic N) is 3. The molecule has 1 unspecified atom stereocenters. The molecule has 0 aliphatic carbocycles. The molecular formula is C27H27N3O5S. The van der Waals surface area contributed by atoms with E-state index >= 15 is 0 Å². The van der Waals surface area contributed by atoms with E-state index in [9.17, 15) is 9.59 Å². The van der Waals surface area contributed by atoms with Crippen LogP contribution in [0.1, 0.15) is 65.8 Å². The molecule has 1 aliphatic rings. The molecule has 9 heteroatoms. The van der Waals surface area contributed by atoms with Crippen LogP contribution in [-0.2, 0) is 6.42 Å². The number of para-hydroxylation sites is 1. The number of aryl methyl sites for hydroxylation is 1. The molecule has 186 valence electrons. The maximum Gasteiger partial charge on any atom is 0.297 e. The Bertz CT molecular complexity index is 1480. The minimum atomic E-state index is -0.742. The van der Waals surface area contributed by atoms with Gasteiger partial charge in [0.15, 0.2) is 16.9 Å². The zero-order valence-corrected chi connectivity index (χ0v) is 21.3. The van der Waals surface area contributed by atoms with Gasteiger partial charge in [0.2, 0.25) is 10.9 Å². The Labute approximate surface area is 212 Å². The smallest absolute Gasteiger partial charge is 0.297 e. The Morgan fingerprint density at radius 1 is 1.06 bits per heavy atom. The molecule has 0 saturated carbocycles. The molecule has 4 aromatic rings. The lowest BCUT2D eigenvalue weighted by Crippen LogP contribution is -2.29. The average molecular weight is 506 g/mol. The molecule has 36 heavy (non-hydrogen) atoms. The lowest BCUT2D eigenvalue weighted by Gasteiger charge is -2.23. The number of unbranched alkanes of at least 4 members (excludes halogenated alkanes) is 2. The van der Waals surface area contributed by atoms with Gasteiger partial charge >= 0.3 is 0 Å². The molecule has 0 radical (unpaired) electrons. The SMILES string of the molecule is CCCCCOc1ccc(C2c3c(oc4ccccc4c3=O)C(=O)N2c2nnc(CC)s2)cc1OC. The summed E-state index contributed by atoms with van der Waals surface area (Å²) in [6, 6.07) is 11.7. The Morgan fingerprint density at radius 3 is 2.64 bits per heavy atom. The highest BCUT2D eigenvalue weighted by molar-refractivity contribution is 7.15. The van der Waals surface area contributed by atoms with Gasteiger partial charge in [0.25, 0.3) is 5.91 Å². The van der Waals surface area contributed by atoms with Gasteiger partial charge in [-0.1, -0.05) is 56.2 Å². The monoisotopic (exact) mass is 505 g/mol. The quantitative estimate of drug-likeness (QED) is 0.276. The lowest BCUT2D eigenvalue weighted by molar-refractivity contribution is 0.0970. The highest BCUT2D eigenvalue weighted by Crippen LogP contribution is 2.44. The van der Waals surface area contributed by atoms with Gasteiger partial charge in [-0.15, -0.1) is 10.2 Å². The maximum absolute atomic E-state index is 13.7. The van der Waals surface area contributed by atoms with Gasteiger partial charge in [0.1, 0.15) is 10.6 Å². The van der Waals surface area contributed by atoms with E-state index in [0.717, 1.165) is 24.3 Å². The van der Waals surface area contributed by atoms with Gasteiger partial charge in [-0.2, -0.15) is 0 Å². The largest absolute Gasteiger partial charge is 0.493 e. The molecule has 1 aliphatic heterocycles. The molecule has 0 bridgehead atoms. The van der Waals surface area contributed by atoms with Gasteiger partial charge < -0.3 is 13.9 Å². The van der Waals surface area contributed by atoms with Crippen molar-refractivity contribution < 1.29 is 18.7 Å². The van der Waals surface area contributed by atoms with E-state index in [4.69, 9.17) is 13.9 Å². The summed E-state index contributed by atoms with van der Waals surface area (Å²) in [7, 11) is 1.57. The molecule has 8 nitrogen and oxygen atoms in total.